The topological polar surface area (TPSA) is 31.9 Å². The summed E-state index contributed by atoms with van der Waals surface area (Å²) in [5, 5.41) is 1.17. The number of nitrogens with one attached hydrogen (secondary N) is 1. The second-order valence-corrected chi connectivity index (χ2v) is 7.19. The van der Waals surface area contributed by atoms with E-state index in [1.165, 1.54) is 53.6 Å². The molecular weight excluding hydrogens is 306 g/mol. The van der Waals surface area contributed by atoms with Gasteiger partial charge in [-0.25, -0.2) is 4.98 Å². The van der Waals surface area contributed by atoms with E-state index < -0.39 is 0 Å². The van der Waals surface area contributed by atoms with Crippen molar-refractivity contribution in [2.75, 3.05) is 19.0 Å². The van der Waals surface area contributed by atoms with E-state index in [1.54, 1.807) is 0 Å². The molecule has 1 saturated carbocycles. The fourth-order valence-electron chi connectivity index (χ4n) is 3.74. The monoisotopic (exact) mass is 331 g/mol. The van der Waals surface area contributed by atoms with Crippen LogP contribution in [-0.4, -0.2) is 24.1 Å². The van der Waals surface area contributed by atoms with Gasteiger partial charge in [-0.15, -0.1) is 0 Å². The third-order valence-electron chi connectivity index (χ3n) is 5.18. The summed E-state index contributed by atoms with van der Waals surface area (Å²) in [6.07, 6.45) is 9.62. The van der Waals surface area contributed by atoms with Crippen LogP contribution in [0.5, 0.6) is 0 Å². The molecule has 1 aliphatic carbocycles. The largest absolute Gasteiger partial charge is 0.378 e. The smallest absolute Gasteiger partial charge is 0.137 e. The highest BCUT2D eigenvalue weighted by molar-refractivity contribution is 5.87. The molecule has 0 saturated heterocycles. The predicted molar refractivity (Wildman–Crippen MR) is 106 cm³/mol. The summed E-state index contributed by atoms with van der Waals surface area (Å²) < 4.78 is 0. The van der Waals surface area contributed by atoms with Gasteiger partial charge in [-0.1, -0.05) is 31.1 Å². The zero-order valence-electron chi connectivity index (χ0n) is 15.0. The van der Waals surface area contributed by atoms with Gasteiger partial charge < -0.3 is 9.88 Å². The molecule has 128 valence electrons. The number of fused-ring (bicyclic) bond motifs is 1. The molecule has 3 aromatic rings. The highest BCUT2D eigenvalue weighted by Crippen LogP contribution is 2.33. The molecular formula is C22H25N3. The van der Waals surface area contributed by atoms with Gasteiger partial charge in [0.1, 0.15) is 5.65 Å². The molecule has 1 aliphatic rings. The first-order chi connectivity index (χ1) is 12.2. The maximum atomic E-state index is 4.46. The van der Waals surface area contributed by atoms with Crippen molar-refractivity contribution < 1.29 is 0 Å². The van der Waals surface area contributed by atoms with E-state index in [9.17, 15) is 0 Å². The lowest BCUT2D eigenvalue weighted by Crippen LogP contribution is -2.08. The first-order valence-corrected chi connectivity index (χ1v) is 9.14. The highest BCUT2D eigenvalue weighted by Gasteiger charge is 2.16. The molecule has 1 fully saturated rings. The molecule has 0 aliphatic heterocycles. The Morgan fingerprint density at radius 2 is 1.88 bits per heavy atom. The van der Waals surface area contributed by atoms with Crippen molar-refractivity contribution in [3.63, 3.8) is 0 Å². The molecule has 2 aromatic heterocycles. The number of aromatic amines is 1. The molecule has 0 spiro atoms. The molecule has 2 heterocycles. The van der Waals surface area contributed by atoms with Gasteiger partial charge in [0.05, 0.1) is 0 Å². The summed E-state index contributed by atoms with van der Waals surface area (Å²) in [6.45, 7) is 0. The van der Waals surface area contributed by atoms with Crippen LogP contribution in [0, 0.1) is 5.92 Å². The van der Waals surface area contributed by atoms with Crippen LogP contribution in [0.4, 0.5) is 5.69 Å². The van der Waals surface area contributed by atoms with Gasteiger partial charge in [0, 0.05) is 42.6 Å². The molecule has 3 heteroatoms. The fourth-order valence-corrected chi connectivity index (χ4v) is 3.74. The minimum absolute atomic E-state index is 0.683. The minimum Gasteiger partial charge on any atom is -0.378 e. The van der Waals surface area contributed by atoms with Crippen molar-refractivity contribution >= 4 is 22.3 Å². The van der Waals surface area contributed by atoms with Crippen LogP contribution in [0.25, 0.3) is 16.6 Å². The fraction of sp³-hybridized carbons (Fsp3) is 0.318. The van der Waals surface area contributed by atoms with Crippen LogP contribution in [0.15, 0.2) is 54.7 Å². The van der Waals surface area contributed by atoms with Gasteiger partial charge in [0.2, 0.25) is 0 Å². The van der Waals surface area contributed by atoms with E-state index in [0.29, 0.717) is 5.92 Å². The van der Waals surface area contributed by atoms with Gasteiger partial charge in [0.15, 0.2) is 0 Å². The van der Waals surface area contributed by atoms with Gasteiger partial charge >= 0.3 is 0 Å². The quantitative estimate of drug-likeness (QED) is 0.708. The third-order valence-corrected chi connectivity index (χ3v) is 5.18. The van der Waals surface area contributed by atoms with Crippen molar-refractivity contribution in [1.29, 1.82) is 0 Å². The van der Waals surface area contributed by atoms with Crippen LogP contribution in [0.2, 0.25) is 0 Å². The van der Waals surface area contributed by atoms with E-state index >= 15 is 0 Å². The van der Waals surface area contributed by atoms with E-state index in [4.69, 9.17) is 0 Å². The number of anilines is 1. The Bertz CT molecular complexity index is 848. The maximum Gasteiger partial charge on any atom is 0.137 e. The van der Waals surface area contributed by atoms with Crippen molar-refractivity contribution in [2.24, 2.45) is 5.92 Å². The average Bonchev–Trinajstić information content (AvgIpc) is 3.29. The number of nitrogens with zero attached hydrogens (tertiary/aromatic N) is 2. The lowest BCUT2D eigenvalue weighted by Gasteiger charge is -2.14. The Morgan fingerprint density at radius 3 is 2.56 bits per heavy atom. The van der Waals surface area contributed by atoms with Gasteiger partial charge in [-0.3, -0.25) is 0 Å². The molecule has 0 bridgehead atoms. The van der Waals surface area contributed by atoms with E-state index in [0.717, 1.165) is 5.65 Å². The zero-order valence-corrected chi connectivity index (χ0v) is 15.0. The van der Waals surface area contributed by atoms with Gasteiger partial charge in [0.25, 0.3) is 0 Å². The van der Waals surface area contributed by atoms with Crippen LogP contribution in [0.3, 0.4) is 0 Å². The molecule has 0 unspecified atom stereocenters. The lowest BCUT2D eigenvalue weighted by atomic mass is 9.96. The molecule has 4 rings (SSSR count). The Balaban J connectivity index is 1.78. The predicted octanol–water partition coefficient (Wildman–Crippen LogP) is 5.25. The van der Waals surface area contributed by atoms with E-state index in [1.807, 2.05) is 12.3 Å². The van der Waals surface area contributed by atoms with Gasteiger partial charge in [-0.2, -0.15) is 0 Å². The second-order valence-electron chi connectivity index (χ2n) is 7.19. The molecule has 1 N–H and O–H groups in total. The number of H-pyrrole nitrogens is 1. The summed E-state index contributed by atoms with van der Waals surface area (Å²) >= 11 is 0. The number of benzene rings is 1. The third kappa shape index (κ3) is 3.32. The average molecular weight is 331 g/mol. The number of allylic oxidation sites excluding steroid dienone is 1. The summed E-state index contributed by atoms with van der Waals surface area (Å²) in [4.78, 5) is 10.1. The van der Waals surface area contributed by atoms with Crippen LogP contribution >= 0.6 is 0 Å². The Morgan fingerprint density at radius 1 is 1.12 bits per heavy atom. The summed E-state index contributed by atoms with van der Waals surface area (Å²) in [6, 6.07) is 15.2. The SMILES string of the molecule is CN(C)c1ccc(/C(=C/C2CCCC2)c2cc3cccnc3[nH]2)cc1. The van der Waals surface area contributed by atoms with Crippen molar-refractivity contribution in [3.8, 4) is 0 Å². The number of hydrogen-bond acceptors (Lipinski definition) is 2. The molecule has 1 aromatic carbocycles. The summed E-state index contributed by atoms with van der Waals surface area (Å²) in [5.41, 5.74) is 5.92. The summed E-state index contributed by atoms with van der Waals surface area (Å²) in [7, 11) is 4.15. The minimum atomic E-state index is 0.683. The standard InChI is InChI=1S/C22H25N3/c1-25(2)19-11-9-17(10-12-19)20(14-16-6-3-4-7-16)21-15-18-8-5-13-23-22(18)24-21/h5,8-16H,3-4,6-7H2,1-2H3,(H,23,24)/b20-14-. The highest BCUT2D eigenvalue weighted by atomic mass is 15.1. The second kappa shape index (κ2) is 6.75. The normalized spacial score (nSPS) is 15.8. The number of pyridine rings is 1. The molecule has 0 atom stereocenters. The van der Waals surface area contributed by atoms with Crippen molar-refractivity contribution in [3.05, 3.63) is 66.0 Å². The number of rotatable bonds is 4. The number of aromatic nitrogens is 2. The lowest BCUT2D eigenvalue weighted by molar-refractivity contribution is 0.687. The molecule has 25 heavy (non-hydrogen) atoms. The van der Waals surface area contributed by atoms with Crippen LogP contribution < -0.4 is 4.90 Å². The maximum absolute atomic E-state index is 4.46. The van der Waals surface area contributed by atoms with Crippen molar-refractivity contribution in [1.82, 2.24) is 9.97 Å². The first-order valence-electron chi connectivity index (χ1n) is 9.14. The first kappa shape index (κ1) is 15.9. The van der Waals surface area contributed by atoms with E-state index in [2.05, 4.69) is 71.4 Å². The summed E-state index contributed by atoms with van der Waals surface area (Å²) in [5.74, 6) is 0.683. The van der Waals surface area contributed by atoms with Gasteiger partial charge in [-0.05, 0) is 54.7 Å². The molecule has 0 radical (unpaired) electrons. The van der Waals surface area contributed by atoms with E-state index in [-0.39, 0.29) is 0 Å². The van der Waals surface area contributed by atoms with Crippen molar-refractivity contribution in [2.45, 2.75) is 25.7 Å². The Labute approximate surface area is 149 Å². The van der Waals surface area contributed by atoms with Crippen LogP contribution in [-0.2, 0) is 0 Å². The number of hydrogen-bond donors (Lipinski definition) is 1. The van der Waals surface area contributed by atoms with Crippen LogP contribution in [0.1, 0.15) is 36.9 Å². The zero-order chi connectivity index (χ0) is 17.2. The Hall–Kier alpha value is -2.55. The molecule has 3 nitrogen and oxygen atoms in total. The Kier molecular flexibility index (Phi) is 4.31. The molecule has 0 amide bonds.